The summed E-state index contributed by atoms with van der Waals surface area (Å²) in [6.45, 7) is 6.34. The molecule has 2 aromatic carbocycles. The molecule has 5 N–H and O–H groups in total. The Kier molecular flexibility index (Phi) is 6.93. The molecule has 0 aliphatic carbocycles. The minimum Gasteiger partial charge on any atom is -0.380 e. The maximum Gasteiger partial charge on any atom is 0.252 e. The first-order valence-electron chi connectivity index (χ1n) is 11.1. The SMILES string of the molecule is C[C@@H]1CN(c2ccc(Nc3cc(NCc4cc(F)cc(F)c4)c(C(N)=O)cn3)cc2)C[C@H](C)N1. The standard InChI is InChI=1S/C25H28F2N6O/c1-15-13-33(14-16(2)31-15)21-5-3-20(4-6-21)32-24-10-23(22(12-30-24)25(28)34)29-11-17-7-18(26)9-19(27)8-17/h3-10,12,15-16,31H,11,13-14H2,1-2H3,(H2,28,34)(H2,29,30,32)/t15-,16+. The van der Waals surface area contributed by atoms with E-state index in [9.17, 15) is 13.6 Å². The summed E-state index contributed by atoms with van der Waals surface area (Å²) in [7, 11) is 0. The normalized spacial score (nSPS) is 17.9. The molecule has 2 heterocycles. The topological polar surface area (TPSA) is 95.3 Å². The van der Waals surface area contributed by atoms with Crippen LogP contribution in [0, 0.1) is 11.6 Å². The van der Waals surface area contributed by atoms with Crippen LogP contribution in [0.25, 0.3) is 0 Å². The number of anilines is 4. The van der Waals surface area contributed by atoms with Gasteiger partial charge in [0.25, 0.3) is 5.91 Å². The predicted molar refractivity (Wildman–Crippen MR) is 130 cm³/mol. The van der Waals surface area contributed by atoms with Gasteiger partial charge in [-0.1, -0.05) is 0 Å². The molecule has 1 aliphatic heterocycles. The second kappa shape index (κ2) is 10.0. The van der Waals surface area contributed by atoms with E-state index >= 15 is 0 Å². The van der Waals surface area contributed by atoms with Crippen LogP contribution in [0.2, 0.25) is 0 Å². The van der Waals surface area contributed by atoms with Gasteiger partial charge in [-0.2, -0.15) is 0 Å². The smallest absolute Gasteiger partial charge is 0.252 e. The number of nitrogens with two attached hydrogens (primary N) is 1. The Bertz CT molecular complexity index is 1140. The summed E-state index contributed by atoms with van der Waals surface area (Å²) in [6.07, 6.45) is 1.37. The molecule has 0 saturated carbocycles. The summed E-state index contributed by atoms with van der Waals surface area (Å²) in [5.41, 5.74) is 8.44. The Balaban J connectivity index is 1.48. The third kappa shape index (κ3) is 5.79. The third-order valence-corrected chi connectivity index (χ3v) is 5.64. The Hall–Kier alpha value is -3.72. The second-order valence-corrected chi connectivity index (χ2v) is 8.66. The number of hydrogen-bond acceptors (Lipinski definition) is 6. The maximum absolute atomic E-state index is 13.5. The largest absolute Gasteiger partial charge is 0.380 e. The van der Waals surface area contributed by atoms with Gasteiger partial charge in [-0.25, -0.2) is 13.8 Å². The first kappa shape index (κ1) is 23.4. The molecule has 178 valence electrons. The average molecular weight is 467 g/mol. The number of piperazine rings is 1. The van der Waals surface area contributed by atoms with Crippen molar-refractivity contribution in [1.82, 2.24) is 10.3 Å². The number of benzene rings is 2. The highest BCUT2D eigenvalue weighted by molar-refractivity contribution is 5.98. The van der Waals surface area contributed by atoms with Crippen LogP contribution in [-0.4, -0.2) is 36.1 Å². The number of carbonyl (C=O) groups is 1. The van der Waals surface area contributed by atoms with Crippen molar-refractivity contribution in [2.24, 2.45) is 5.73 Å². The van der Waals surface area contributed by atoms with Crippen molar-refractivity contribution in [3.63, 3.8) is 0 Å². The van der Waals surface area contributed by atoms with Gasteiger partial charge < -0.3 is 26.6 Å². The predicted octanol–water partition coefficient (Wildman–Crippen LogP) is 4.00. The molecule has 0 unspecified atom stereocenters. The highest BCUT2D eigenvalue weighted by atomic mass is 19.1. The van der Waals surface area contributed by atoms with Crippen LogP contribution in [0.3, 0.4) is 0 Å². The molecule has 3 aromatic rings. The Morgan fingerprint density at radius 2 is 1.74 bits per heavy atom. The molecule has 1 fully saturated rings. The molecule has 4 rings (SSSR count). The zero-order valence-electron chi connectivity index (χ0n) is 19.1. The summed E-state index contributed by atoms with van der Waals surface area (Å²) >= 11 is 0. The third-order valence-electron chi connectivity index (χ3n) is 5.64. The number of carbonyl (C=O) groups excluding carboxylic acids is 1. The Labute approximate surface area is 197 Å². The lowest BCUT2D eigenvalue weighted by Crippen LogP contribution is -2.54. The van der Waals surface area contributed by atoms with Gasteiger partial charge in [-0.05, 0) is 55.8 Å². The van der Waals surface area contributed by atoms with E-state index in [1.54, 1.807) is 6.07 Å². The lowest BCUT2D eigenvalue weighted by atomic mass is 10.1. The molecule has 1 aliphatic rings. The van der Waals surface area contributed by atoms with E-state index in [1.807, 2.05) is 12.1 Å². The minimum absolute atomic E-state index is 0.106. The molecule has 1 amide bonds. The first-order chi connectivity index (χ1) is 16.3. The van der Waals surface area contributed by atoms with Crippen LogP contribution in [-0.2, 0) is 6.54 Å². The minimum atomic E-state index is -0.669. The monoisotopic (exact) mass is 466 g/mol. The molecule has 0 bridgehead atoms. The van der Waals surface area contributed by atoms with Gasteiger partial charge in [0, 0.05) is 61.4 Å². The van der Waals surface area contributed by atoms with Gasteiger partial charge in [-0.15, -0.1) is 0 Å². The Morgan fingerprint density at radius 3 is 2.35 bits per heavy atom. The fraction of sp³-hybridized carbons (Fsp3) is 0.280. The number of aromatic nitrogens is 1. The number of rotatable bonds is 7. The van der Waals surface area contributed by atoms with Gasteiger partial charge in [0.15, 0.2) is 0 Å². The summed E-state index contributed by atoms with van der Waals surface area (Å²) in [6, 6.07) is 13.8. The Morgan fingerprint density at radius 1 is 1.09 bits per heavy atom. The van der Waals surface area contributed by atoms with E-state index in [-0.39, 0.29) is 12.1 Å². The number of amides is 1. The molecule has 9 heteroatoms. The van der Waals surface area contributed by atoms with Crippen LogP contribution in [0.4, 0.5) is 31.7 Å². The fourth-order valence-electron chi connectivity index (χ4n) is 4.22. The van der Waals surface area contributed by atoms with Crippen molar-refractivity contribution in [1.29, 1.82) is 0 Å². The fourth-order valence-corrected chi connectivity index (χ4v) is 4.22. The van der Waals surface area contributed by atoms with Crippen molar-refractivity contribution in [2.45, 2.75) is 32.5 Å². The van der Waals surface area contributed by atoms with Crippen LogP contribution < -0.4 is 26.6 Å². The molecular weight excluding hydrogens is 438 g/mol. The van der Waals surface area contributed by atoms with Crippen molar-refractivity contribution in [3.8, 4) is 0 Å². The van der Waals surface area contributed by atoms with Crippen molar-refractivity contribution >= 4 is 28.8 Å². The highest BCUT2D eigenvalue weighted by Gasteiger charge is 2.21. The quantitative estimate of drug-likeness (QED) is 0.421. The molecule has 0 spiro atoms. The van der Waals surface area contributed by atoms with Crippen LogP contribution in [0.5, 0.6) is 0 Å². The second-order valence-electron chi connectivity index (χ2n) is 8.66. The van der Waals surface area contributed by atoms with Crippen LogP contribution in [0.15, 0.2) is 54.7 Å². The molecule has 1 saturated heterocycles. The van der Waals surface area contributed by atoms with E-state index < -0.39 is 17.5 Å². The number of pyridine rings is 1. The summed E-state index contributed by atoms with van der Waals surface area (Å²) in [5.74, 6) is -1.50. The number of nitrogens with zero attached hydrogens (tertiary/aromatic N) is 2. The number of primary amides is 1. The summed E-state index contributed by atoms with van der Waals surface area (Å²) in [5, 5.41) is 9.77. The lowest BCUT2D eigenvalue weighted by Gasteiger charge is -2.37. The summed E-state index contributed by atoms with van der Waals surface area (Å²) < 4.78 is 27.0. The van der Waals surface area contributed by atoms with E-state index in [1.165, 1.54) is 18.3 Å². The zero-order valence-corrected chi connectivity index (χ0v) is 19.1. The first-order valence-corrected chi connectivity index (χ1v) is 11.1. The molecule has 34 heavy (non-hydrogen) atoms. The highest BCUT2D eigenvalue weighted by Crippen LogP contribution is 2.25. The van der Waals surface area contributed by atoms with Crippen molar-refractivity contribution in [2.75, 3.05) is 28.6 Å². The van der Waals surface area contributed by atoms with E-state index in [0.717, 1.165) is 30.5 Å². The van der Waals surface area contributed by atoms with Gasteiger partial charge in [-0.3, -0.25) is 4.79 Å². The molecular formula is C25H28F2N6O. The number of nitrogens with one attached hydrogen (secondary N) is 3. The molecule has 0 radical (unpaired) electrons. The zero-order chi connectivity index (χ0) is 24.2. The van der Waals surface area contributed by atoms with Gasteiger partial charge >= 0.3 is 0 Å². The number of hydrogen-bond donors (Lipinski definition) is 4. The average Bonchev–Trinajstić information content (AvgIpc) is 2.77. The summed E-state index contributed by atoms with van der Waals surface area (Å²) in [4.78, 5) is 18.5. The van der Waals surface area contributed by atoms with Gasteiger partial charge in [0.05, 0.1) is 11.3 Å². The van der Waals surface area contributed by atoms with Gasteiger partial charge in [0.2, 0.25) is 0 Å². The van der Waals surface area contributed by atoms with Crippen LogP contribution >= 0.6 is 0 Å². The van der Waals surface area contributed by atoms with Crippen LogP contribution in [0.1, 0.15) is 29.8 Å². The maximum atomic E-state index is 13.5. The lowest BCUT2D eigenvalue weighted by molar-refractivity contribution is 0.100. The van der Waals surface area contributed by atoms with Gasteiger partial charge in [0.1, 0.15) is 17.5 Å². The van der Waals surface area contributed by atoms with E-state index in [4.69, 9.17) is 5.73 Å². The van der Waals surface area contributed by atoms with Crippen molar-refractivity contribution in [3.05, 3.63) is 77.5 Å². The molecule has 2 atom stereocenters. The van der Waals surface area contributed by atoms with E-state index in [2.05, 4.69) is 51.8 Å². The molecule has 1 aromatic heterocycles. The molecule has 7 nitrogen and oxygen atoms in total. The van der Waals surface area contributed by atoms with E-state index in [0.29, 0.717) is 29.2 Å². The number of halogens is 2. The van der Waals surface area contributed by atoms with Crippen molar-refractivity contribution < 1.29 is 13.6 Å².